The van der Waals surface area contributed by atoms with Crippen LogP contribution in [0.5, 0.6) is 0 Å². The van der Waals surface area contributed by atoms with E-state index in [1.807, 2.05) is 23.1 Å². The number of fused-ring (bicyclic) bond motifs is 2. The Morgan fingerprint density at radius 3 is 2.48 bits per heavy atom. The number of hydrogen-bond donors (Lipinski definition) is 1. The Labute approximate surface area is 191 Å². The molecule has 6 nitrogen and oxygen atoms in total. The highest BCUT2D eigenvalue weighted by Gasteiger charge is 2.43. The predicted octanol–water partition coefficient (Wildman–Crippen LogP) is 3.07. The standard InChI is InChI=1S/C26H27FN4O2/c27-23-8-7-17(10-24-20-3-1-2-4-21(20)25(32)29-28-24)9-22(23)26(33)31-14-18-12-30(11-16-5-6-16)13-19(18)15-31/h1-4,7-9,16,18-19H,5-6,10-15H2,(H,29,32). The van der Waals surface area contributed by atoms with Crippen molar-refractivity contribution in [1.82, 2.24) is 20.0 Å². The van der Waals surface area contributed by atoms with Crippen LogP contribution >= 0.6 is 0 Å². The maximum Gasteiger partial charge on any atom is 0.272 e. The molecule has 33 heavy (non-hydrogen) atoms. The Balaban J connectivity index is 1.19. The largest absolute Gasteiger partial charge is 0.338 e. The van der Waals surface area contributed by atoms with Crippen molar-refractivity contribution in [2.45, 2.75) is 19.3 Å². The van der Waals surface area contributed by atoms with Gasteiger partial charge in [0.15, 0.2) is 0 Å². The van der Waals surface area contributed by atoms with Crippen LogP contribution in [0.15, 0.2) is 47.3 Å². The molecule has 1 saturated carbocycles. The van der Waals surface area contributed by atoms with Crippen molar-refractivity contribution in [2.75, 3.05) is 32.7 Å². The highest BCUT2D eigenvalue weighted by atomic mass is 19.1. The molecule has 1 aromatic heterocycles. The lowest BCUT2D eigenvalue weighted by molar-refractivity contribution is 0.0769. The summed E-state index contributed by atoms with van der Waals surface area (Å²) in [7, 11) is 0. The Hall–Kier alpha value is -3.06. The summed E-state index contributed by atoms with van der Waals surface area (Å²) in [4.78, 5) is 29.7. The zero-order chi connectivity index (χ0) is 22.5. The lowest BCUT2D eigenvalue weighted by Gasteiger charge is -2.22. The summed E-state index contributed by atoms with van der Waals surface area (Å²) in [6.45, 7) is 4.73. The summed E-state index contributed by atoms with van der Waals surface area (Å²) < 4.78 is 14.7. The van der Waals surface area contributed by atoms with Crippen molar-refractivity contribution in [3.63, 3.8) is 0 Å². The molecule has 6 rings (SSSR count). The van der Waals surface area contributed by atoms with Crippen LogP contribution in [0.4, 0.5) is 4.39 Å². The first-order valence-electron chi connectivity index (χ1n) is 11.8. The van der Waals surface area contributed by atoms with Crippen LogP contribution in [0.2, 0.25) is 0 Å². The monoisotopic (exact) mass is 446 g/mol. The van der Waals surface area contributed by atoms with Crippen LogP contribution in [0.3, 0.4) is 0 Å². The molecule has 1 N–H and O–H groups in total. The van der Waals surface area contributed by atoms with E-state index >= 15 is 0 Å². The lowest BCUT2D eigenvalue weighted by Crippen LogP contribution is -2.34. The Bertz CT molecular complexity index is 1270. The molecule has 3 aliphatic rings. The van der Waals surface area contributed by atoms with Gasteiger partial charge in [0.1, 0.15) is 5.82 Å². The van der Waals surface area contributed by atoms with Gasteiger partial charge in [-0.05, 0) is 54.4 Å². The van der Waals surface area contributed by atoms with Gasteiger partial charge >= 0.3 is 0 Å². The molecular formula is C26H27FN4O2. The van der Waals surface area contributed by atoms with E-state index in [0.29, 0.717) is 42.4 Å². The van der Waals surface area contributed by atoms with Crippen LogP contribution < -0.4 is 5.56 Å². The van der Waals surface area contributed by atoms with Crippen molar-refractivity contribution in [3.05, 3.63) is 75.5 Å². The molecule has 2 atom stereocenters. The van der Waals surface area contributed by atoms with E-state index in [-0.39, 0.29) is 17.0 Å². The first-order valence-corrected chi connectivity index (χ1v) is 11.8. The fourth-order valence-electron chi connectivity index (χ4n) is 5.59. The quantitative estimate of drug-likeness (QED) is 0.654. The van der Waals surface area contributed by atoms with Gasteiger partial charge in [0.2, 0.25) is 0 Å². The molecule has 7 heteroatoms. The second kappa shape index (κ2) is 8.06. The van der Waals surface area contributed by atoms with Crippen molar-refractivity contribution in [2.24, 2.45) is 17.8 Å². The van der Waals surface area contributed by atoms with Gasteiger partial charge in [-0.25, -0.2) is 9.49 Å². The molecule has 2 aliphatic heterocycles. The number of benzene rings is 2. The van der Waals surface area contributed by atoms with Gasteiger partial charge in [-0.2, -0.15) is 5.10 Å². The van der Waals surface area contributed by atoms with E-state index < -0.39 is 5.82 Å². The molecular weight excluding hydrogens is 419 g/mol. The second-order valence-corrected chi connectivity index (χ2v) is 9.93. The normalized spacial score (nSPS) is 22.8. The molecule has 2 saturated heterocycles. The molecule has 2 aromatic carbocycles. The lowest BCUT2D eigenvalue weighted by atomic mass is 10.0. The Kier molecular flexibility index (Phi) is 5.02. The first-order chi connectivity index (χ1) is 16.0. The van der Waals surface area contributed by atoms with Crippen molar-refractivity contribution in [1.29, 1.82) is 0 Å². The average molecular weight is 447 g/mol. The molecule has 1 amide bonds. The molecule has 0 spiro atoms. The molecule has 3 fully saturated rings. The van der Waals surface area contributed by atoms with Crippen LogP contribution in [-0.4, -0.2) is 58.6 Å². The maximum absolute atomic E-state index is 14.7. The average Bonchev–Trinajstić information content (AvgIpc) is 3.42. The van der Waals surface area contributed by atoms with Crippen LogP contribution in [-0.2, 0) is 6.42 Å². The second-order valence-electron chi connectivity index (χ2n) is 9.93. The van der Waals surface area contributed by atoms with Crippen LogP contribution in [0, 0.1) is 23.6 Å². The first kappa shape index (κ1) is 20.5. The number of carbonyl (C=O) groups excluding carboxylic acids is 1. The number of rotatable bonds is 5. The number of halogens is 1. The highest BCUT2D eigenvalue weighted by molar-refractivity contribution is 5.95. The van der Waals surface area contributed by atoms with Crippen molar-refractivity contribution in [3.8, 4) is 0 Å². The summed E-state index contributed by atoms with van der Waals surface area (Å²) in [6, 6.07) is 12.0. The third kappa shape index (κ3) is 3.95. The third-order valence-corrected chi connectivity index (χ3v) is 7.47. The number of hydrogen-bond acceptors (Lipinski definition) is 4. The number of H-pyrrole nitrogens is 1. The fourth-order valence-corrected chi connectivity index (χ4v) is 5.59. The van der Waals surface area contributed by atoms with Crippen molar-refractivity contribution < 1.29 is 9.18 Å². The van der Waals surface area contributed by atoms with Gasteiger partial charge < -0.3 is 9.80 Å². The van der Waals surface area contributed by atoms with Gasteiger partial charge in [0, 0.05) is 44.5 Å². The fraction of sp³-hybridized carbons (Fsp3) is 0.423. The summed E-state index contributed by atoms with van der Waals surface area (Å²) >= 11 is 0. The number of aromatic nitrogens is 2. The summed E-state index contributed by atoms with van der Waals surface area (Å²) in [5.41, 5.74) is 1.37. The van der Waals surface area contributed by atoms with E-state index in [4.69, 9.17) is 0 Å². The van der Waals surface area contributed by atoms with E-state index in [1.54, 1.807) is 18.2 Å². The number of nitrogens with one attached hydrogen (secondary N) is 1. The minimum Gasteiger partial charge on any atom is -0.338 e. The molecule has 3 aromatic rings. The van der Waals surface area contributed by atoms with Gasteiger partial charge in [0.05, 0.1) is 16.6 Å². The molecule has 170 valence electrons. The van der Waals surface area contributed by atoms with E-state index in [2.05, 4.69) is 15.1 Å². The van der Waals surface area contributed by atoms with Gasteiger partial charge in [-0.1, -0.05) is 24.3 Å². The maximum atomic E-state index is 14.7. The van der Waals surface area contributed by atoms with Gasteiger partial charge in [-0.15, -0.1) is 0 Å². The van der Waals surface area contributed by atoms with Gasteiger partial charge in [0.25, 0.3) is 11.5 Å². The molecule has 0 radical (unpaired) electrons. The third-order valence-electron chi connectivity index (χ3n) is 7.47. The molecule has 1 aliphatic carbocycles. The van der Waals surface area contributed by atoms with E-state index in [1.165, 1.54) is 25.5 Å². The number of likely N-dealkylation sites (tertiary alicyclic amines) is 2. The number of amides is 1. The molecule has 2 unspecified atom stereocenters. The van der Waals surface area contributed by atoms with Crippen LogP contribution in [0.25, 0.3) is 10.8 Å². The SMILES string of the molecule is O=C(c1cc(Cc2n[nH]c(=O)c3ccccc23)ccc1F)N1CC2CN(CC3CC3)CC2C1. The minimum absolute atomic E-state index is 0.121. The predicted molar refractivity (Wildman–Crippen MR) is 124 cm³/mol. The molecule has 3 heterocycles. The number of carbonyl (C=O) groups is 1. The molecule has 0 bridgehead atoms. The topological polar surface area (TPSA) is 69.3 Å². The van der Waals surface area contributed by atoms with E-state index in [0.717, 1.165) is 30.0 Å². The number of nitrogens with zero attached hydrogens (tertiary/aromatic N) is 3. The zero-order valence-electron chi connectivity index (χ0n) is 18.5. The highest BCUT2D eigenvalue weighted by Crippen LogP contribution is 2.36. The zero-order valence-corrected chi connectivity index (χ0v) is 18.5. The summed E-state index contributed by atoms with van der Waals surface area (Å²) in [5.74, 6) is 1.16. The minimum atomic E-state index is -0.490. The van der Waals surface area contributed by atoms with Crippen LogP contribution in [0.1, 0.15) is 34.5 Å². The number of aromatic amines is 1. The Morgan fingerprint density at radius 1 is 1.03 bits per heavy atom. The smallest absolute Gasteiger partial charge is 0.272 e. The Morgan fingerprint density at radius 2 is 1.76 bits per heavy atom. The summed E-state index contributed by atoms with van der Waals surface area (Å²) in [5, 5.41) is 8.09. The van der Waals surface area contributed by atoms with E-state index in [9.17, 15) is 14.0 Å². The van der Waals surface area contributed by atoms with Gasteiger partial charge in [-0.3, -0.25) is 9.59 Å². The van der Waals surface area contributed by atoms with Crippen molar-refractivity contribution >= 4 is 16.7 Å². The summed E-state index contributed by atoms with van der Waals surface area (Å²) in [6.07, 6.45) is 3.12.